The van der Waals surface area contributed by atoms with Crippen LogP contribution in [0.4, 0.5) is 0 Å². The van der Waals surface area contributed by atoms with Crippen molar-refractivity contribution in [3.05, 3.63) is 35.4 Å². The Kier molecular flexibility index (Phi) is 2.28. The van der Waals surface area contributed by atoms with Gasteiger partial charge in [0.15, 0.2) is 0 Å². The topological polar surface area (TPSA) is 43.4 Å². The van der Waals surface area contributed by atoms with Crippen molar-refractivity contribution < 1.29 is 14.3 Å². The summed E-state index contributed by atoms with van der Waals surface area (Å²) in [6.45, 7) is 0. The van der Waals surface area contributed by atoms with E-state index in [1.54, 1.807) is 0 Å². The molecule has 0 amide bonds. The Morgan fingerprint density at radius 1 is 1.12 bits per heavy atom. The molecule has 1 spiro atoms. The lowest BCUT2D eigenvalue weighted by Crippen LogP contribution is -2.31. The average molecular weight is 230 g/mol. The summed E-state index contributed by atoms with van der Waals surface area (Å²) in [6, 6.07) is 7.95. The molecule has 0 aromatic heterocycles. The van der Waals surface area contributed by atoms with Crippen LogP contribution in [0.3, 0.4) is 0 Å². The van der Waals surface area contributed by atoms with Crippen molar-refractivity contribution in [1.82, 2.24) is 0 Å². The lowest BCUT2D eigenvalue weighted by molar-refractivity contribution is -0.153. The highest BCUT2D eigenvalue weighted by Gasteiger charge is 2.51. The van der Waals surface area contributed by atoms with Crippen LogP contribution in [0.15, 0.2) is 24.3 Å². The summed E-state index contributed by atoms with van der Waals surface area (Å²) >= 11 is 0. The van der Waals surface area contributed by atoms with Crippen molar-refractivity contribution in [1.29, 1.82) is 0 Å². The number of benzene rings is 1. The van der Waals surface area contributed by atoms with Crippen LogP contribution in [0.5, 0.6) is 0 Å². The van der Waals surface area contributed by atoms with Gasteiger partial charge in [0.25, 0.3) is 0 Å². The third kappa shape index (κ3) is 1.49. The number of cyclic esters (lactones) is 2. The first kappa shape index (κ1) is 10.5. The molecule has 3 rings (SSSR count). The van der Waals surface area contributed by atoms with Crippen molar-refractivity contribution in [3.63, 3.8) is 0 Å². The van der Waals surface area contributed by atoms with Crippen molar-refractivity contribution in [2.24, 2.45) is 0 Å². The average Bonchev–Trinajstić information content (AvgIpc) is 2.50. The number of hydrogen-bond donors (Lipinski definition) is 0. The van der Waals surface area contributed by atoms with Gasteiger partial charge in [-0.2, -0.15) is 0 Å². The molecule has 3 heteroatoms. The molecule has 88 valence electrons. The molecule has 1 aromatic carbocycles. The summed E-state index contributed by atoms with van der Waals surface area (Å²) in [4.78, 5) is 23.4. The maximum atomic E-state index is 12.0. The van der Waals surface area contributed by atoms with E-state index < -0.39 is 5.41 Å². The zero-order valence-electron chi connectivity index (χ0n) is 9.57. The van der Waals surface area contributed by atoms with Crippen LogP contribution in [0.2, 0.25) is 0 Å². The van der Waals surface area contributed by atoms with Crippen LogP contribution < -0.4 is 0 Å². The molecule has 17 heavy (non-hydrogen) atoms. The lowest BCUT2D eigenvalue weighted by atomic mass is 9.75. The number of carbonyl (C=O) groups excluding carboxylic acids is 2. The molecule has 0 bridgehead atoms. The second-order valence-corrected chi connectivity index (χ2v) is 4.88. The normalized spacial score (nSPS) is 27.8. The van der Waals surface area contributed by atoms with Gasteiger partial charge < -0.3 is 4.74 Å². The van der Waals surface area contributed by atoms with E-state index in [9.17, 15) is 9.59 Å². The van der Waals surface area contributed by atoms with E-state index in [1.807, 2.05) is 18.2 Å². The van der Waals surface area contributed by atoms with Crippen LogP contribution in [0, 0.1) is 0 Å². The number of aryl methyl sites for hydroxylation is 1. The van der Waals surface area contributed by atoms with Crippen molar-refractivity contribution >= 4 is 11.9 Å². The summed E-state index contributed by atoms with van der Waals surface area (Å²) in [7, 11) is 0. The molecule has 1 aliphatic heterocycles. The van der Waals surface area contributed by atoms with E-state index in [4.69, 9.17) is 4.74 Å². The molecule has 0 N–H and O–H groups in total. The fraction of sp³-hybridized carbons (Fsp3) is 0.429. The fourth-order valence-corrected chi connectivity index (χ4v) is 3.03. The van der Waals surface area contributed by atoms with Crippen molar-refractivity contribution in [2.75, 3.05) is 0 Å². The summed E-state index contributed by atoms with van der Waals surface area (Å²) in [5, 5.41) is 0. The van der Waals surface area contributed by atoms with Gasteiger partial charge in [0.1, 0.15) is 5.41 Å². The Labute approximate surface area is 99.8 Å². The second-order valence-electron chi connectivity index (χ2n) is 4.88. The van der Waals surface area contributed by atoms with Gasteiger partial charge in [-0.15, -0.1) is 0 Å². The first-order valence-corrected chi connectivity index (χ1v) is 6.06. The summed E-state index contributed by atoms with van der Waals surface area (Å²) in [6.07, 6.45) is 3.97. The van der Waals surface area contributed by atoms with Gasteiger partial charge in [-0.05, 0) is 30.4 Å². The minimum Gasteiger partial charge on any atom is -0.392 e. The highest BCUT2D eigenvalue weighted by molar-refractivity contribution is 6.01. The predicted molar refractivity (Wildman–Crippen MR) is 61.4 cm³/mol. The van der Waals surface area contributed by atoms with Gasteiger partial charge in [-0.3, -0.25) is 9.59 Å². The van der Waals surface area contributed by atoms with E-state index >= 15 is 0 Å². The Morgan fingerprint density at radius 3 is 2.71 bits per heavy atom. The second kappa shape index (κ2) is 3.69. The Bertz CT molecular complexity index is 492. The molecule has 2 aliphatic rings. The number of hydrogen-bond acceptors (Lipinski definition) is 3. The molecule has 1 fully saturated rings. The zero-order chi connectivity index (χ0) is 11.9. The van der Waals surface area contributed by atoms with Crippen molar-refractivity contribution in [3.8, 4) is 0 Å². The Balaban J connectivity index is 2.17. The first-order chi connectivity index (χ1) is 8.22. The fourth-order valence-electron chi connectivity index (χ4n) is 3.03. The monoisotopic (exact) mass is 230 g/mol. The number of carbonyl (C=O) groups is 2. The summed E-state index contributed by atoms with van der Waals surface area (Å²) in [5.74, 6) is -0.733. The molecule has 3 nitrogen and oxygen atoms in total. The quantitative estimate of drug-likeness (QED) is 0.506. The number of rotatable bonds is 0. The van der Waals surface area contributed by atoms with E-state index in [2.05, 4.69) is 6.07 Å². The Morgan fingerprint density at radius 2 is 1.94 bits per heavy atom. The first-order valence-electron chi connectivity index (χ1n) is 6.06. The van der Waals surface area contributed by atoms with Crippen molar-refractivity contribution in [2.45, 2.75) is 37.5 Å². The molecule has 0 saturated carbocycles. The van der Waals surface area contributed by atoms with E-state index in [0.29, 0.717) is 0 Å². The maximum Gasteiger partial charge on any atom is 0.324 e. The highest BCUT2D eigenvalue weighted by Crippen LogP contribution is 2.43. The zero-order valence-corrected chi connectivity index (χ0v) is 9.57. The number of esters is 2. The lowest BCUT2D eigenvalue weighted by Gasteiger charge is -2.24. The molecule has 1 aliphatic carbocycles. The molecule has 1 atom stereocenters. The van der Waals surface area contributed by atoms with E-state index in [0.717, 1.165) is 31.2 Å². The highest BCUT2D eigenvalue weighted by atomic mass is 16.6. The largest absolute Gasteiger partial charge is 0.392 e. The van der Waals surface area contributed by atoms with Gasteiger partial charge in [-0.1, -0.05) is 30.7 Å². The molecular weight excluding hydrogens is 216 g/mol. The molecule has 0 radical (unpaired) electrons. The molecular formula is C14H14O3. The van der Waals surface area contributed by atoms with Crippen LogP contribution in [-0.4, -0.2) is 11.9 Å². The van der Waals surface area contributed by atoms with E-state index in [1.165, 1.54) is 5.56 Å². The molecule has 1 aromatic rings. The van der Waals surface area contributed by atoms with Gasteiger partial charge in [0, 0.05) is 0 Å². The SMILES string of the molecule is O=C1CC2(CCCCc3ccccc32)C(=O)O1. The van der Waals surface area contributed by atoms with Gasteiger partial charge in [0.05, 0.1) is 6.42 Å². The van der Waals surface area contributed by atoms with Crippen LogP contribution in [0.1, 0.15) is 36.8 Å². The predicted octanol–water partition coefficient (Wildman–Crippen LogP) is 2.12. The minimum absolute atomic E-state index is 0.211. The standard InChI is InChI=1S/C14H14O3/c15-12-9-14(13(16)17-12)8-4-3-6-10-5-1-2-7-11(10)14/h1-2,5,7H,3-4,6,8-9H2. The minimum atomic E-state index is -0.690. The Hall–Kier alpha value is -1.64. The van der Waals surface area contributed by atoms with Gasteiger partial charge >= 0.3 is 11.9 Å². The molecule has 1 saturated heterocycles. The van der Waals surface area contributed by atoms with E-state index in [-0.39, 0.29) is 18.4 Å². The van der Waals surface area contributed by atoms with Gasteiger partial charge in [0.2, 0.25) is 0 Å². The third-order valence-electron chi connectivity index (χ3n) is 3.88. The number of fused-ring (bicyclic) bond motifs is 2. The summed E-state index contributed by atoms with van der Waals surface area (Å²) < 4.78 is 4.79. The summed E-state index contributed by atoms with van der Waals surface area (Å²) in [5.41, 5.74) is 1.51. The smallest absolute Gasteiger partial charge is 0.324 e. The van der Waals surface area contributed by atoms with Crippen LogP contribution >= 0.6 is 0 Å². The molecule has 1 heterocycles. The molecule has 1 unspecified atom stereocenters. The van der Waals surface area contributed by atoms with Crippen LogP contribution in [0.25, 0.3) is 0 Å². The van der Waals surface area contributed by atoms with Gasteiger partial charge in [-0.25, -0.2) is 0 Å². The third-order valence-corrected chi connectivity index (χ3v) is 3.88. The number of ether oxygens (including phenoxy) is 1. The van der Waals surface area contributed by atoms with Crippen LogP contribution in [-0.2, 0) is 26.2 Å². The maximum absolute atomic E-state index is 12.0.